The first-order chi connectivity index (χ1) is 9.26. The number of fused-ring (bicyclic) bond motifs is 2. The molecular weight excluding hydrogens is 230 g/mol. The predicted molar refractivity (Wildman–Crippen MR) is 82.1 cm³/mol. The van der Waals surface area contributed by atoms with Crippen LogP contribution in [0.1, 0.15) is 71.6 Å². The monoisotopic (exact) mass is 263 g/mol. The molecule has 6 atom stereocenters. The van der Waals surface area contributed by atoms with Gasteiger partial charge in [-0.1, -0.05) is 20.3 Å². The minimum absolute atomic E-state index is 0.843. The molecule has 19 heavy (non-hydrogen) atoms. The molecule has 0 aromatic rings. The highest BCUT2D eigenvalue weighted by molar-refractivity contribution is 4.93. The Labute approximate surface area is 119 Å². The maximum absolute atomic E-state index is 3.86. The zero-order valence-corrected chi connectivity index (χ0v) is 13.0. The van der Waals surface area contributed by atoms with Gasteiger partial charge in [0.1, 0.15) is 0 Å². The molecule has 3 rings (SSSR count). The zero-order valence-electron chi connectivity index (χ0n) is 13.0. The van der Waals surface area contributed by atoms with Gasteiger partial charge in [0, 0.05) is 6.04 Å². The SMILES string of the molecule is CCCNC1CCC(C)CC1CC1CC2CCC1C2. The van der Waals surface area contributed by atoms with Gasteiger partial charge in [-0.15, -0.1) is 0 Å². The van der Waals surface area contributed by atoms with Crippen molar-refractivity contribution in [3.8, 4) is 0 Å². The number of rotatable bonds is 5. The summed E-state index contributed by atoms with van der Waals surface area (Å²) >= 11 is 0. The van der Waals surface area contributed by atoms with Crippen LogP contribution in [0.2, 0.25) is 0 Å². The second-order valence-corrected chi connectivity index (χ2v) is 7.91. The Hall–Kier alpha value is -0.0400. The molecule has 0 amide bonds. The Morgan fingerprint density at radius 2 is 1.84 bits per heavy atom. The third kappa shape index (κ3) is 3.17. The lowest BCUT2D eigenvalue weighted by molar-refractivity contribution is 0.159. The number of hydrogen-bond acceptors (Lipinski definition) is 1. The molecule has 1 N–H and O–H groups in total. The average molecular weight is 263 g/mol. The van der Waals surface area contributed by atoms with Gasteiger partial charge in [0.05, 0.1) is 0 Å². The van der Waals surface area contributed by atoms with Crippen molar-refractivity contribution in [2.45, 2.75) is 77.7 Å². The van der Waals surface area contributed by atoms with E-state index in [0.29, 0.717) is 0 Å². The largest absolute Gasteiger partial charge is 0.314 e. The fourth-order valence-electron chi connectivity index (χ4n) is 5.41. The molecule has 0 saturated heterocycles. The Morgan fingerprint density at radius 1 is 0.947 bits per heavy atom. The lowest BCUT2D eigenvalue weighted by atomic mass is 9.72. The summed E-state index contributed by atoms with van der Waals surface area (Å²) in [6.45, 7) is 6.00. The van der Waals surface area contributed by atoms with Gasteiger partial charge in [0.25, 0.3) is 0 Å². The summed E-state index contributed by atoms with van der Waals surface area (Å²) in [5.74, 6) is 5.30. The molecule has 3 saturated carbocycles. The van der Waals surface area contributed by atoms with E-state index in [-0.39, 0.29) is 0 Å². The summed E-state index contributed by atoms with van der Waals surface area (Å²) in [6.07, 6.45) is 13.5. The first-order valence-electron chi connectivity index (χ1n) is 8.99. The molecule has 1 nitrogen and oxygen atoms in total. The summed E-state index contributed by atoms with van der Waals surface area (Å²) < 4.78 is 0. The summed E-state index contributed by atoms with van der Waals surface area (Å²) in [4.78, 5) is 0. The van der Waals surface area contributed by atoms with Crippen LogP contribution in [0, 0.1) is 29.6 Å². The Morgan fingerprint density at radius 3 is 2.53 bits per heavy atom. The minimum atomic E-state index is 0.843. The molecule has 0 aliphatic heterocycles. The van der Waals surface area contributed by atoms with E-state index in [9.17, 15) is 0 Å². The zero-order chi connectivity index (χ0) is 13.2. The third-order valence-electron chi connectivity index (χ3n) is 6.39. The normalized spacial score (nSPS) is 45.8. The minimum Gasteiger partial charge on any atom is -0.314 e. The molecule has 1 heteroatoms. The van der Waals surface area contributed by atoms with Crippen molar-refractivity contribution in [2.24, 2.45) is 29.6 Å². The molecule has 6 unspecified atom stereocenters. The summed E-state index contributed by atoms with van der Waals surface area (Å²) in [6, 6.07) is 0.843. The standard InChI is InChI=1S/C18H33N/c1-3-8-19-18-7-4-13(2)9-17(18)12-16-11-14-5-6-15(16)10-14/h13-19H,3-12H2,1-2H3. The summed E-state index contributed by atoms with van der Waals surface area (Å²) in [7, 11) is 0. The van der Waals surface area contributed by atoms with E-state index in [0.717, 1.165) is 35.6 Å². The molecular formula is C18H33N. The summed E-state index contributed by atoms with van der Waals surface area (Å²) in [5.41, 5.74) is 0. The Balaban J connectivity index is 1.56. The van der Waals surface area contributed by atoms with E-state index in [1.54, 1.807) is 32.1 Å². The van der Waals surface area contributed by atoms with Crippen LogP contribution >= 0.6 is 0 Å². The van der Waals surface area contributed by atoms with Crippen molar-refractivity contribution in [3.63, 3.8) is 0 Å². The molecule has 3 aliphatic carbocycles. The van der Waals surface area contributed by atoms with Gasteiger partial charge in [0.15, 0.2) is 0 Å². The Kier molecular flexibility index (Phi) is 4.51. The molecule has 0 spiro atoms. The van der Waals surface area contributed by atoms with Crippen LogP contribution in [0.3, 0.4) is 0 Å². The van der Waals surface area contributed by atoms with Gasteiger partial charge in [-0.25, -0.2) is 0 Å². The fraction of sp³-hybridized carbons (Fsp3) is 1.00. The average Bonchev–Trinajstić information content (AvgIpc) is 3.00. The van der Waals surface area contributed by atoms with Crippen molar-refractivity contribution in [1.29, 1.82) is 0 Å². The lowest BCUT2D eigenvalue weighted by Crippen LogP contribution is -2.41. The van der Waals surface area contributed by atoms with Crippen molar-refractivity contribution >= 4 is 0 Å². The van der Waals surface area contributed by atoms with Crippen LogP contribution in [-0.4, -0.2) is 12.6 Å². The highest BCUT2D eigenvalue weighted by atomic mass is 14.9. The van der Waals surface area contributed by atoms with Crippen LogP contribution < -0.4 is 5.32 Å². The van der Waals surface area contributed by atoms with Crippen LogP contribution in [0.15, 0.2) is 0 Å². The van der Waals surface area contributed by atoms with Crippen LogP contribution in [0.25, 0.3) is 0 Å². The van der Waals surface area contributed by atoms with Crippen molar-refractivity contribution in [3.05, 3.63) is 0 Å². The van der Waals surface area contributed by atoms with E-state index in [1.807, 2.05) is 0 Å². The maximum Gasteiger partial charge on any atom is 0.00956 e. The number of hydrogen-bond donors (Lipinski definition) is 1. The highest BCUT2D eigenvalue weighted by Gasteiger charge is 2.41. The second kappa shape index (κ2) is 6.16. The van der Waals surface area contributed by atoms with E-state index >= 15 is 0 Å². The van der Waals surface area contributed by atoms with Crippen molar-refractivity contribution in [1.82, 2.24) is 5.32 Å². The predicted octanol–water partition coefficient (Wildman–Crippen LogP) is 4.62. The third-order valence-corrected chi connectivity index (χ3v) is 6.39. The molecule has 0 radical (unpaired) electrons. The van der Waals surface area contributed by atoms with Crippen LogP contribution in [0.5, 0.6) is 0 Å². The van der Waals surface area contributed by atoms with E-state index < -0.39 is 0 Å². The fourth-order valence-corrected chi connectivity index (χ4v) is 5.41. The highest BCUT2D eigenvalue weighted by Crippen LogP contribution is 2.51. The molecule has 0 aromatic heterocycles. The molecule has 110 valence electrons. The lowest BCUT2D eigenvalue weighted by Gasteiger charge is -2.38. The second-order valence-electron chi connectivity index (χ2n) is 7.91. The van der Waals surface area contributed by atoms with Crippen molar-refractivity contribution in [2.75, 3.05) is 6.54 Å². The van der Waals surface area contributed by atoms with Crippen LogP contribution in [0.4, 0.5) is 0 Å². The van der Waals surface area contributed by atoms with Gasteiger partial charge in [-0.3, -0.25) is 0 Å². The van der Waals surface area contributed by atoms with E-state index in [2.05, 4.69) is 19.2 Å². The van der Waals surface area contributed by atoms with Crippen LogP contribution in [-0.2, 0) is 0 Å². The number of nitrogens with one attached hydrogen (secondary N) is 1. The first-order valence-corrected chi connectivity index (χ1v) is 8.99. The summed E-state index contributed by atoms with van der Waals surface area (Å²) in [5, 5.41) is 3.86. The topological polar surface area (TPSA) is 12.0 Å². The van der Waals surface area contributed by atoms with Gasteiger partial charge < -0.3 is 5.32 Å². The molecule has 3 aliphatic rings. The first kappa shape index (κ1) is 13.9. The van der Waals surface area contributed by atoms with Gasteiger partial charge in [0.2, 0.25) is 0 Å². The van der Waals surface area contributed by atoms with E-state index in [4.69, 9.17) is 0 Å². The molecule has 0 aromatic carbocycles. The van der Waals surface area contributed by atoms with Gasteiger partial charge in [-0.2, -0.15) is 0 Å². The van der Waals surface area contributed by atoms with Gasteiger partial charge >= 0.3 is 0 Å². The molecule has 3 fully saturated rings. The van der Waals surface area contributed by atoms with E-state index in [1.165, 1.54) is 32.2 Å². The molecule has 0 heterocycles. The molecule has 2 bridgehead atoms. The smallest absolute Gasteiger partial charge is 0.00956 e. The Bertz CT molecular complexity index is 285. The van der Waals surface area contributed by atoms with Crippen molar-refractivity contribution < 1.29 is 0 Å². The quantitative estimate of drug-likeness (QED) is 0.763. The maximum atomic E-state index is 3.86. The van der Waals surface area contributed by atoms with Gasteiger partial charge in [-0.05, 0) is 87.5 Å².